The number of carbonyl (C=O) groups excluding carboxylic acids is 2. The van der Waals surface area contributed by atoms with Crippen molar-refractivity contribution in [3.63, 3.8) is 0 Å². The molecule has 0 aliphatic carbocycles. The predicted molar refractivity (Wildman–Crippen MR) is 131 cm³/mol. The van der Waals surface area contributed by atoms with Crippen LogP contribution in [0, 0.1) is 34.6 Å². The van der Waals surface area contributed by atoms with Crippen LogP contribution in [0.5, 0.6) is 5.75 Å². The molecular formula is C29H32O4. The minimum atomic E-state index is -0.514. The van der Waals surface area contributed by atoms with Crippen LogP contribution >= 0.6 is 0 Å². The molecule has 0 spiro atoms. The van der Waals surface area contributed by atoms with Crippen LogP contribution < -0.4 is 4.74 Å². The van der Waals surface area contributed by atoms with E-state index in [9.17, 15) is 9.59 Å². The average molecular weight is 445 g/mol. The van der Waals surface area contributed by atoms with E-state index >= 15 is 0 Å². The third kappa shape index (κ3) is 4.85. The molecule has 0 bridgehead atoms. The molecule has 0 aliphatic rings. The van der Waals surface area contributed by atoms with E-state index in [0.717, 1.165) is 11.1 Å². The smallest absolute Gasteiger partial charge is 0.343 e. The molecule has 0 radical (unpaired) electrons. The third-order valence-electron chi connectivity index (χ3n) is 6.43. The summed E-state index contributed by atoms with van der Waals surface area (Å²) >= 11 is 0. The Bertz CT molecular complexity index is 1230. The Labute approximate surface area is 196 Å². The van der Waals surface area contributed by atoms with Crippen LogP contribution in [-0.4, -0.2) is 19.0 Å². The lowest BCUT2D eigenvalue weighted by atomic mass is 9.73. The molecule has 0 unspecified atom stereocenters. The Morgan fingerprint density at radius 3 is 1.79 bits per heavy atom. The Kier molecular flexibility index (Phi) is 6.78. The Balaban J connectivity index is 1.94. The summed E-state index contributed by atoms with van der Waals surface area (Å²) in [5.41, 5.74) is 8.63. The van der Waals surface area contributed by atoms with Crippen molar-refractivity contribution in [3.8, 4) is 5.75 Å². The van der Waals surface area contributed by atoms with Gasteiger partial charge in [-0.3, -0.25) is 0 Å². The lowest BCUT2D eigenvalue weighted by Crippen LogP contribution is -2.22. The van der Waals surface area contributed by atoms with Crippen LogP contribution in [0.3, 0.4) is 0 Å². The van der Waals surface area contributed by atoms with Crippen LogP contribution in [0.1, 0.15) is 73.5 Å². The molecule has 3 aromatic rings. The van der Waals surface area contributed by atoms with Gasteiger partial charge in [-0.25, -0.2) is 9.59 Å². The first-order valence-electron chi connectivity index (χ1n) is 11.1. The number of ether oxygens (including phenoxy) is 2. The molecule has 0 aliphatic heterocycles. The molecule has 0 fully saturated rings. The Hall–Kier alpha value is -3.40. The Morgan fingerprint density at radius 2 is 1.18 bits per heavy atom. The van der Waals surface area contributed by atoms with Gasteiger partial charge < -0.3 is 9.47 Å². The van der Waals surface area contributed by atoms with Gasteiger partial charge in [0.05, 0.1) is 18.2 Å². The highest BCUT2D eigenvalue weighted by Gasteiger charge is 2.28. The second-order valence-electron chi connectivity index (χ2n) is 9.27. The quantitative estimate of drug-likeness (QED) is 0.330. The first-order valence-corrected chi connectivity index (χ1v) is 11.1. The van der Waals surface area contributed by atoms with Crippen molar-refractivity contribution in [1.82, 2.24) is 0 Å². The molecule has 0 saturated heterocycles. The van der Waals surface area contributed by atoms with Crippen LogP contribution in [0.25, 0.3) is 0 Å². The van der Waals surface area contributed by atoms with Crippen molar-refractivity contribution in [1.29, 1.82) is 0 Å². The topological polar surface area (TPSA) is 52.6 Å². The molecule has 0 amide bonds. The van der Waals surface area contributed by atoms with Gasteiger partial charge in [0, 0.05) is 5.41 Å². The van der Waals surface area contributed by atoms with Gasteiger partial charge in [-0.2, -0.15) is 0 Å². The van der Waals surface area contributed by atoms with Crippen LogP contribution in [0.15, 0.2) is 48.5 Å². The van der Waals surface area contributed by atoms with Crippen molar-refractivity contribution in [2.45, 2.75) is 53.9 Å². The molecule has 4 heteroatoms. The summed E-state index contributed by atoms with van der Waals surface area (Å²) in [4.78, 5) is 24.6. The van der Waals surface area contributed by atoms with Crippen molar-refractivity contribution in [3.05, 3.63) is 98.6 Å². The number of benzene rings is 3. The summed E-state index contributed by atoms with van der Waals surface area (Å²) in [5, 5.41) is 0. The van der Waals surface area contributed by atoms with Crippen LogP contribution in [0.4, 0.5) is 0 Å². The van der Waals surface area contributed by atoms with Gasteiger partial charge in [-0.15, -0.1) is 0 Å². The van der Waals surface area contributed by atoms with Gasteiger partial charge in [0.2, 0.25) is 0 Å². The molecular weight excluding hydrogens is 412 g/mol. The summed E-state index contributed by atoms with van der Waals surface area (Å²) in [5.74, 6) is -0.498. The molecule has 4 nitrogen and oxygen atoms in total. The second-order valence-corrected chi connectivity index (χ2v) is 9.27. The highest BCUT2D eigenvalue weighted by Crippen LogP contribution is 2.39. The van der Waals surface area contributed by atoms with E-state index in [1.807, 2.05) is 19.9 Å². The normalized spacial score (nSPS) is 11.3. The first kappa shape index (κ1) is 24.2. The summed E-state index contributed by atoms with van der Waals surface area (Å²) < 4.78 is 10.5. The van der Waals surface area contributed by atoms with Gasteiger partial charge in [-0.1, -0.05) is 38.1 Å². The number of carbonyl (C=O) groups is 2. The number of methoxy groups -OCH3 is 1. The summed E-state index contributed by atoms with van der Waals surface area (Å²) in [6.07, 6.45) is 0. The van der Waals surface area contributed by atoms with Crippen molar-refractivity contribution in [2.75, 3.05) is 7.11 Å². The van der Waals surface area contributed by atoms with Crippen LogP contribution in [-0.2, 0) is 10.2 Å². The van der Waals surface area contributed by atoms with E-state index in [0.29, 0.717) is 16.9 Å². The summed E-state index contributed by atoms with van der Waals surface area (Å²) in [6, 6.07) is 14.9. The average Bonchev–Trinajstić information content (AvgIpc) is 2.77. The van der Waals surface area contributed by atoms with E-state index in [-0.39, 0.29) is 5.41 Å². The van der Waals surface area contributed by atoms with Crippen LogP contribution in [0.2, 0.25) is 0 Å². The molecule has 172 valence electrons. The number of rotatable bonds is 5. The maximum atomic E-state index is 12.8. The van der Waals surface area contributed by atoms with Crippen molar-refractivity contribution >= 4 is 11.9 Å². The SMILES string of the molecule is COC(=O)c1cccc(C(=O)Oc2cc(C)c(C(C)(C)c3cc(C)c(C)cc3C)cc2C)c1. The first-order chi connectivity index (χ1) is 15.4. The minimum Gasteiger partial charge on any atom is -0.465 e. The number of hydrogen-bond donors (Lipinski definition) is 0. The highest BCUT2D eigenvalue weighted by atomic mass is 16.5. The lowest BCUT2D eigenvalue weighted by Gasteiger charge is -2.31. The zero-order chi connectivity index (χ0) is 24.5. The molecule has 0 heterocycles. The molecule has 33 heavy (non-hydrogen) atoms. The van der Waals surface area contributed by atoms with Gasteiger partial charge in [0.25, 0.3) is 0 Å². The fraction of sp³-hybridized carbons (Fsp3) is 0.310. The third-order valence-corrected chi connectivity index (χ3v) is 6.43. The second kappa shape index (κ2) is 9.22. The maximum absolute atomic E-state index is 12.8. The van der Waals surface area contributed by atoms with Gasteiger partial charge in [0.1, 0.15) is 5.75 Å². The summed E-state index contributed by atoms with van der Waals surface area (Å²) in [7, 11) is 1.31. The van der Waals surface area contributed by atoms with Crippen molar-refractivity contribution < 1.29 is 19.1 Å². The lowest BCUT2D eigenvalue weighted by molar-refractivity contribution is 0.0600. The molecule has 0 aromatic heterocycles. The number of esters is 2. The highest BCUT2D eigenvalue weighted by molar-refractivity contribution is 5.96. The van der Waals surface area contributed by atoms with E-state index in [2.05, 4.69) is 52.8 Å². The molecule has 3 aromatic carbocycles. The molecule has 0 N–H and O–H groups in total. The predicted octanol–water partition coefficient (Wildman–Crippen LogP) is 6.56. The number of aryl methyl sites for hydroxylation is 5. The van der Waals surface area contributed by atoms with Crippen molar-refractivity contribution in [2.24, 2.45) is 0 Å². The van der Waals surface area contributed by atoms with E-state index in [1.54, 1.807) is 18.2 Å². The van der Waals surface area contributed by atoms with Gasteiger partial charge >= 0.3 is 11.9 Å². The largest absolute Gasteiger partial charge is 0.465 e. The zero-order valence-electron chi connectivity index (χ0n) is 20.8. The Morgan fingerprint density at radius 1 is 0.667 bits per heavy atom. The van der Waals surface area contributed by atoms with E-state index in [4.69, 9.17) is 9.47 Å². The fourth-order valence-electron chi connectivity index (χ4n) is 4.40. The van der Waals surface area contributed by atoms with E-state index in [1.165, 1.54) is 41.0 Å². The molecule has 0 atom stereocenters. The van der Waals surface area contributed by atoms with Gasteiger partial charge in [0.15, 0.2) is 0 Å². The van der Waals surface area contributed by atoms with E-state index < -0.39 is 11.9 Å². The standard InChI is InChI=1S/C29H32O4/c1-17-12-19(3)24(13-18(17)2)29(6,7)25-14-21(5)26(15-20(25)4)33-28(31)23-11-9-10-22(16-23)27(30)32-8/h9-16H,1-8H3. The minimum absolute atomic E-state index is 0.214. The monoisotopic (exact) mass is 444 g/mol. The fourth-order valence-corrected chi connectivity index (χ4v) is 4.40. The molecule has 0 saturated carbocycles. The maximum Gasteiger partial charge on any atom is 0.343 e. The van der Waals surface area contributed by atoms with Gasteiger partial charge in [-0.05, 0) is 97.8 Å². The number of hydrogen-bond acceptors (Lipinski definition) is 4. The zero-order valence-corrected chi connectivity index (χ0v) is 20.8. The molecule has 3 rings (SSSR count). The summed E-state index contributed by atoms with van der Waals surface area (Å²) in [6.45, 7) is 14.9.